The van der Waals surface area contributed by atoms with Crippen LogP contribution in [0.3, 0.4) is 0 Å². The summed E-state index contributed by atoms with van der Waals surface area (Å²) in [6, 6.07) is 9.53. The summed E-state index contributed by atoms with van der Waals surface area (Å²) in [7, 11) is 0. The first-order valence-electron chi connectivity index (χ1n) is 7.26. The van der Waals surface area contributed by atoms with Gasteiger partial charge in [0.05, 0.1) is 6.07 Å². The molecule has 1 amide bonds. The van der Waals surface area contributed by atoms with Gasteiger partial charge in [0.2, 0.25) is 17.6 Å². The number of amides is 1. The molecule has 0 atom stereocenters. The molecule has 1 fully saturated rings. The van der Waals surface area contributed by atoms with Crippen molar-refractivity contribution in [2.75, 3.05) is 5.32 Å². The average Bonchev–Trinajstić information content (AvgIpc) is 3.17. The van der Waals surface area contributed by atoms with Gasteiger partial charge in [-0.25, -0.2) is 0 Å². The standard InChI is InChI=1S/C16H16N4O2/c1-11(21)18-13-6-4-12(5-7-13)14-19-15(22-20-14)16(10-17)8-2-3-9-16/h4-7H,2-3,8-9H2,1H3,(H,18,21). The third-order valence-electron chi connectivity index (χ3n) is 3.97. The molecule has 112 valence electrons. The predicted molar refractivity (Wildman–Crippen MR) is 79.8 cm³/mol. The zero-order chi connectivity index (χ0) is 15.6. The first-order valence-corrected chi connectivity index (χ1v) is 7.26. The van der Waals surface area contributed by atoms with Gasteiger partial charge in [-0.1, -0.05) is 18.0 Å². The maximum atomic E-state index is 11.0. The van der Waals surface area contributed by atoms with Crippen molar-refractivity contribution in [1.82, 2.24) is 10.1 Å². The van der Waals surface area contributed by atoms with E-state index in [2.05, 4.69) is 21.5 Å². The molecule has 0 radical (unpaired) electrons. The number of aromatic nitrogens is 2. The third kappa shape index (κ3) is 2.58. The molecule has 1 aliphatic rings. The van der Waals surface area contributed by atoms with Gasteiger partial charge in [-0.05, 0) is 37.1 Å². The van der Waals surface area contributed by atoms with E-state index in [1.165, 1.54) is 6.92 Å². The molecular formula is C16H16N4O2. The molecule has 1 heterocycles. The van der Waals surface area contributed by atoms with Crippen LogP contribution in [0.1, 0.15) is 38.5 Å². The van der Waals surface area contributed by atoms with Crippen LogP contribution in [0.25, 0.3) is 11.4 Å². The normalized spacial score (nSPS) is 16.2. The van der Waals surface area contributed by atoms with E-state index in [1.54, 1.807) is 12.1 Å². The Morgan fingerprint density at radius 1 is 1.32 bits per heavy atom. The van der Waals surface area contributed by atoms with Gasteiger partial charge < -0.3 is 9.84 Å². The Morgan fingerprint density at radius 2 is 2.00 bits per heavy atom. The highest BCUT2D eigenvalue weighted by Gasteiger charge is 2.41. The van der Waals surface area contributed by atoms with E-state index in [-0.39, 0.29) is 5.91 Å². The Balaban J connectivity index is 1.85. The summed E-state index contributed by atoms with van der Waals surface area (Å²) in [5.41, 5.74) is 0.876. The molecule has 2 aromatic rings. The molecule has 3 rings (SSSR count). The number of hydrogen-bond acceptors (Lipinski definition) is 5. The molecular weight excluding hydrogens is 280 g/mol. The number of carbonyl (C=O) groups excluding carboxylic acids is 1. The van der Waals surface area contributed by atoms with Crippen molar-refractivity contribution >= 4 is 11.6 Å². The van der Waals surface area contributed by atoms with Gasteiger partial charge in [0, 0.05) is 18.2 Å². The van der Waals surface area contributed by atoms with Crippen LogP contribution < -0.4 is 5.32 Å². The second kappa shape index (κ2) is 5.60. The van der Waals surface area contributed by atoms with Crippen LogP contribution in [-0.2, 0) is 10.2 Å². The monoisotopic (exact) mass is 296 g/mol. The van der Waals surface area contributed by atoms with E-state index in [0.717, 1.165) is 31.2 Å². The van der Waals surface area contributed by atoms with E-state index in [9.17, 15) is 10.1 Å². The van der Waals surface area contributed by atoms with E-state index in [0.29, 0.717) is 17.4 Å². The molecule has 0 spiro atoms. The number of hydrogen-bond donors (Lipinski definition) is 1. The number of nitrogens with zero attached hydrogens (tertiary/aromatic N) is 3. The molecule has 1 aromatic heterocycles. The van der Waals surface area contributed by atoms with Crippen LogP contribution in [0.15, 0.2) is 28.8 Å². The minimum atomic E-state index is -0.624. The molecule has 0 saturated heterocycles. The van der Waals surface area contributed by atoms with Gasteiger partial charge >= 0.3 is 0 Å². The molecule has 1 aromatic carbocycles. The van der Waals surface area contributed by atoms with Gasteiger partial charge in [-0.15, -0.1) is 0 Å². The molecule has 22 heavy (non-hydrogen) atoms. The summed E-state index contributed by atoms with van der Waals surface area (Å²) in [6.07, 6.45) is 3.56. The molecule has 6 nitrogen and oxygen atoms in total. The van der Waals surface area contributed by atoms with Crippen molar-refractivity contribution in [3.8, 4) is 17.5 Å². The minimum Gasteiger partial charge on any atom is -0.337 e. The van der Waals surface area contributed by atoms with Crippen LogP contribution in [-0.4, -0.2) is 16.0 Å². The summed E-state index contributed by atoms with van der Waals surface area (Å²) in [4.78, 5) is 15.4. The first kappa shape index (κ1) is 14.3. The Kier molecular flexibility index (Phi) is 3.63. The number of nitriles is 1. The van der Waals surface area contributed by atoms with E-state index in [1.807, 2.05) is 12.1 Å². The summed E-state index contributed by atoms with van der Waals surface area (Å²) in [5, 5.41) is 16.1. The fraction of sp³-hybridized carbons (Fsp3) is 0.375. The van der Waals surface area contributed by atoms with Gasteiger partial charge in [0.15, 0.2) is 0 Å². The summed E-state index contributed by atoms with van der Waals surface area (Å²) in [5.74, 6) is 0.756. The van der Waals surface area contributed by atoms with E-state index >= 15 is 0 Å². The van der Waals surface area contributed by atoms with Crippen molar-refractivity contribution in [3.05, 3.63) is 30.2 Å². The van der Waals surface area contributed by atoms with Crippen molar-refractivity contribution < 1.29 is 9.32 Å². The number of benzene rings is 1. The van der Waals surface area contributed by atoms with Crippen LogP contribution in [0.2, 0.25) is 0 Å². The van der Waals surface area contributed by atoms with Crippen LogP contribution in [0.5, 0.6) is 0 Å². The number of anilines is 1. The Bertz CT molecular complexity index is 721. The Hall–Kier alpha value is -2.68. The molecule has 6 heteroatoms. The number of carbonyl (C=O) groups is 1. The molecule has 0 unspecified atom stereocenters. The first-order chi connectivity index (χ1) is 10.6. The molecule has 1 saturated carbocycles. The quantitative estimate of drug-likeness (QED) is 0.939. The Morgan fingerprint density at radius 3 is 2.59 bits per heavy atom. The summed E-state index contributed by atoms with van der Waals surface area (Å²) >= 11 is 0. The molecule has 1 aliphatic carbocycles. The zero-order valence-corrected chi connectivity index (χ0v) is 12.3. The smallest absolute Gasteiger partial charge is 0.247 e. The highest BCUT2D eigenvalue weighted by molar-refractivity contribution is 5.88. The second-order valence-electron chi connectivity index (χ2n) is 5.58. The lowest BCUT2D eigenvalue weighted by Gasteiger charge is -2.13. The number of nitrogens with one attached hydrogen (secondary N) is 1. The highest BCUT2D eigenvalue weighted by Crippen LogP contribution is 2.40. The summed E-state index contributed by atoms with van der Waals surface area (Å²) in [6.45, 7) is 1.46. The van der Waals surface area contributed by atoms with Gasteiger partial charge in [0.1, 0.15) is 5.41 Å². The predicted octanol–water partition coefficient (Wildman–Crippen LogP) is 3.03. The zero-order valence-electron chi connectivity index (χ0n) is 12.3. The van der Waals surface area contributed by atoms with Crippen LogP contribution in [0.4, 0.5) is 5.69 Å². The van der Waals surface area contributed by atoms with Crippen LogP contribution >= 0.6 is 0 Å². The highest BCUT2D eigenvalue weighted by atomic mass is 16.5. The fourth-order valence-electron chi connectivity index (χ4n) is 2.79. The maximum absolute atomic E-state index is 11.0. The molecule has 0 bridgehead atoms. The van der Waals surface area contributed by atoms with E-state index < -0.39 is 5.41 Å². The van der Waals surface area contributed by atoms with Crippen molar-refractivity contribution in [3.63, 3.8) is 0 Å². The lowest BCUT2D eigenvalue weighted by atomic mass is 9.88. The maximum Gasteiger partial charge on any atom is 0.247 e. The topological polar surface area (TPSA) is 91.8 Å². The lowest BCUT2D eigenvalue weighted by molar-refractivity contribution is -0.114. The van der Waals surface area contributed by atoms with Gasteiger partial charge in [0.25, 0.3) is 0 Å². The summed E-state index contributed by atoms with van der Waals surface area (Å²) < 4.78 is 5.34. The number of rotatable bonds is 3. The third-order valence-corrected chi connectivity index (χ3v) is 3.97. The van der Waals surface area contributed by atoms with E-state index in [4.69, 9.17) is 4.52 Å². The lowest BCUT2D eigenvalue weighted by Crippen LogP contribution is -2.19. The SMILES string of the molecule is CC(=O)Nc1ccc(-c2noc(C3(C#N)CCCC3)n2)cc1. The molecule has 0 aliphatic heterocycles. The van der Waals surface area contributed by atoms with Gasteiger partial charge in [-0.2, -0.15) is 10.2 Å². The van der Waals surface area contributed by atoms with Gasteiger partial charge in [-0.3, -0.25) is 4.79 Å². The largest absolute Gasteiger partial charge is 0.337 e. The fourth-order valence-corrected chi connectivity index (χ4v) is 2.79. The average molecular weight is 296 g/mol. The minimum absolute atomic E-state index is 0.119. The van der Waals surface area contributed by atoms with Crippen molar-refractivity contribution in [1.29, 1.82) is 5.26 Å². The Labute approximate surface area is 128 Å². The van der Waals surface area contributed by atoms with Crippen LogP contribution in [0, 0.1) is 11.3 Å². The molecule has 1 N–H and O–H groups in total. The second-order valence-corrected chi connectivity index (χ2v) is 5.58. The van der Waals surface area contributed by atoms with Crippen molar-refractivity contribution in [2.24, 2.45) is 0 Å². The van der Waals surface area contributed by atoms with Crippen molar-refractivity contribution in [2.45, 2.75) is 38.0 Å².